The number of rotatable bonds is 5. The number of benzene rings is 1. The van der Waals surface area contributed by atoms with Crippen LogP contribution in [0.15, 0.2) is 29.6 Å². The molecule has 100 valence electrons. The van der Waals surface area contributed by atoms with Crippen LogP contribution in [0.4, 0.5) is 4.39 Å². The van der Waals surface area contributed by atoms with Crippen molar-refractivity contribution in [3.63, 3.8) is 0 Å². The standard InChI is InChI=1S/C14H15FN2OS/c1-2-13(18)16-7-6-12-9-19-14(17-12)10-4-3-5-11(15)8-10/h3-5,8-9H,2,6-7H2,1H3,(H,16,18). The molecule has 0 saturated carbocycles. The van der Waals surface area contributed by atoms with Crippen molar-refractivity contribution >= 4 is 17.2 Å². The molecule has 0 bridgehead atoms. The van der Waals surface area contributed by atoms with Gasteiger partial charge in [-0.1, -0.05) is 19.1 Å². The van der Waals surface area contributed by atoms with Gasteiger partial charge < -0.3 is 5.32 Å². The molecule has 0 aliphatic rings. The fraction of sp³-hybridized carbons (Fsp3) is 0.286. The highest BCUT2D eigenvalue weighted by molar-refractivity contribution is 7.13. The van der Waals surface area contributed by atoms with E-state index < -0.39 is 0 Å². The molecule has 0 saturated heterocycles. The molecular weight excluding hydrogens is 263 g/mol. The largest absolute Gasteiger partial charge is 0.356 e. The first-order valence-corrected chi connectivity index (χ1v) is 7.04. The molecule has 0 atom stereocenters. The lowest BCUT2D eigenvalue weighted by Crippen LogP contribution is -2.24. The average Bonchev–Trinajstić information content (AvgIpc) is 2.87. The zero-order chi connectivity index (χ0) is 13.7. The van der Waals surface area contributed by atoms with Gasteiger partial charge in [0.25, 0.3) is 0 Å². The normalized spacial score (nSPS) is 10.4. The highest BCUT2D eigenvalue weighted by Gasteiger charge is 2.06. The Morgan fingerprint density at radius 2 is 2.32 bits per heavy atom. The molecule has 2 aromatic rings. The Labute approximate surface area is 115 Å². The molecule has 1 amide bonds. The number of halogens is 1. The molecule has 1 heterocycles. The maximum atomic E-state index is 13.1. The fourth-order valence-corrected chi connectivity index (χ4v) is 2.48. The summed E-state index contributed by atoms with van der Waals surface area (Å²) in [6, 6.07) is 6.40. The van der Waals surface area contributed by atoms with Gasteiger partial charge in [-0.3, -0.25) is 4.79 Å². The van der Waals surface area contributed by atoms with Gasteiger partial charge in [-0.05, 0) is 12.1 Å². The predicted molar refractivity (Wildman–Crippen MR) is 74.5 cm³/mol. The van der Waals surface area contributed by atoms with E-state index in [0.29, 0.717) is 19.4 Å². The van der Waals surface area contributed by atoms with Crippen LogP contribution in [-0.2, 0) is 11.2 Å². The summed E-state index contributed by atoms with van der Waals surface area (Å²) in [5, 5.41) is 5.55. The van der Waals surface area contributed by atoms with Crippen LogP contribution in [-0.4, -0.2) is 17.4 Å². The van der Waals surface area contributed by atoms with E-state index in [1.54, 1.807) is 6.07 Å². The van der Waals surface area contributed by atoms with Crippen molar-refractivity contribution in [2.45, 2.75) is 19.8 Å². The van der Waals surface area contributed by atoms with E-state index in [9.17, 15) is 9.18 Å². The van der Waals surface area contributed by atoms with Gasteiger partial charge in [-0.25, -0.2) is 9.37 Å². The molecule has 0 spiro atoms. The lowest BCUT2D eigenvalue weighted by atomic mass is 10.2. The Bertz CT molecular complexity index is 568. The molecule has 0 fully saturated rings. The second-order valence-electron chi connectivity index (χ2n) is 4.11. The number of hydrogen-bond acceptors (Lipinski definition) is 3. The SMILES string of the molecule is CCC(=O)NCCc1csc(-c2cccc(F)c2)n1. The maximum Gasteiger partial charge on any atom is 0.219 e. The van der Waals surface area contributed by atoms with Gasteiger partial charge in [0.15, 0.2) is 0 Å². The minimum atomic E-state index is -0.260. The average molecular weight is 278 g/mol. The summed E-state index contributed by atoms with van der Waals surface area (Å²) in [5.74, 6) is -0.218. The monoisotopic (exact) mass is 278 g/mol. The van der Waals surface area contributed by atoms with Crippen molar-refractivity contribution in [1.29, 1.82) is 0 Å². The Balaban J connectivity index is 1.97. The van der Waals surface area contributed by atoms with Crippen molar-refractivity contribution < 1.29 is 9.18 Å². The van der Waals surface area contributed by atoms with Crippen LogP contribution < -0.4 is 5.32 Å². The molecule has 0 aliphatic carbocycles. The Morgan fingerprint density at radius 3 is 3.05 bits per heavy atom. The number of nitrogens with zero attached hydrogens (tertiary/aromatic N) is 1. The lowest BCUT2D eigenvalue weighted by Gasteiger charge is -2.00. The second kappa shape index (κ2) is 6.43. The van der Waals surface area contributed by atoms with Gasteiger partial charge in [-0.15, -0.1) is 11.3 Å². The van der Waals surface area contributed by atoms with E-state index in [-0.39, 0.29) is 11.7 Å². The van der Waals surface area contributed by atoms with Crippen molar-refractivity contribution in [2.75, 3.05) is 6.54 Å². The highest BCUT2D eigenvalue weighted by Crippen LogP contribution is 2.24. The third-order valence-electron chi connectivity index (χ3n) is 2.65. The van der Waals surface area contributed by atoms with Crippen LogP contribution in [0.2, 0.25) is 0 Å². The molecule has 1 N–H and O–H groups in total. The van der Waals surface area contributed by atoms with E-state index in [1.165, 1.54) is 23.5 Å². The van der Waals surface area contributed by atoms with Crippen LogP contribution in [0, 0.1) is 5.82 Å². The van der Waals surface area contributed by atoms with Crippen molar-refractivity contribution in [3.8, 4) is 10.6 Å². The fourth-order valence-electron chi connectivity index (χ4n) is 1.63. The second-order valence-corrected chi connectivity index (χ2v) is 4.97. The topological polar surface area (TPSA) is 42.0 Å². The van der Waals surface area contributed by atoms with Crippen molar-refractivity contribution in [2.24, 2.45) is 0 Å². The smallest absolute Gasteiger partial charge is 0.219 e. The molecule has 0 aliphatic heterocycles. The third kappa shape index (κ3) is 3.86. The lowest BCUT2D eigenvalue weighted by molar-refractivity contribution is -0.120. The molecule has 1 aromatic heterocycles. The van der Waals surface area contributed by atoms with Gasteiger partial charge in [0.1, 0.15) is 10.8 Å². The van der Waals surface area contributed by atoms with E-state index in [4.69, 9.17) is 0 Å². The first-order chi connectivity index (χ1) is 9.19. The summed E-state index contributed by atoms with van der Waals surface area (Å²) in [7, 11) is 0. The summed E-state index contributed by atoms with van der Waals surface area (Å²) in [6.07, 6.45) is 1.18. The van der Waals surface area contributed by atoms with Gasteiger partial charge in [0.05, 0.1) is 5.69 Å². The van der Waals surface area contributed by atoms with Gasteiger partial charge >= 0.3 is 0 Å². The third-order valence-corrected chi connectivity index (χ3v) is 3.59. The Kier molecular flexibility index (Phi) is 4.63. The van der Waals surface area contributed by atoms with Gasteiger partial charge in [0.2, 0.25) is 5.91 Å². The van der Waals surface area contributed by atoms with Gasteiger partial charge in [0, 0.05) is 30.3 Å². The molecule has 19 heavy (non-hydrogen) atoms. The van der Waals surface area contributed by atoms with Crippen LogP contribution >= 0.6 is 11.3 Å². The number of hydrogen-bond donors (Lipinski definition) is 1. The quantitative estimate of drug-likeness (QED) is 0.913. The molecule has 0 unspecified atom stereocenters. The summed E-state index contributed by atoms with van der Waals surface area (Å²) < 4.78 is 13.1. The predicted octanol–water partition coefficient (Wildman–Crippen LogP) is 3.02. The summed E-state index contributed by atoms with van der Waals surface area (Å²) in [5.41, 5.74) is 1.70. The molecule has 2 rings (SSSR count). The number of thiazole rings is 1. The van der Waals surface area contributed by atoms with Crippen molar-refractivity contribution in [3.05, 3.63) is 41.2 Å². The van der Waals surface area contributed by atoms with Gasteiger partial charge in [-0.2, -0.15) is 0 Å². The number of carbonyl (C=O) groups excluding carboxylic acids is 1. The van der Waals surface area contributed by atoms with Crippen molar-refractivity contribution in [1.82, 2.24) is 10.3 Å². The first-order valence-electron chi connectivity index (χ1n) is 6.16. The minimum absolute atomic E-state index is 0.0422. The van der Waals surface area contributed by atoms with E-state index >= 15 is 0 Å². The van der Waals surface area contributed by atoms with E-state index in [0.717, 1.165) is 16.3 Å². The first kappa shape index (κ1) is 13.7. The number of aromatic nitrogens is 1. The molecule has 3 nitrogen and oxygen atoms in total. The zero-order valence-corrected chi connectivity index (χ0v) is 11.5. The summed E-state index contributed by atoms with van der Waals surface area (Å²) in [6.45, 7) is 2.40. The molecule has 1 aromatic carbocycles. The maximum absolute atomic E-state index is 13.1. The molecule has 5 heteroatoms. The molecular formula is C14H15FN2OS. The zero-order valence-electron chi connectivity index (χ0n) is 10.6. The van der Waals surface area contributed by atoms with Crippen LogP contribution in [0.25, 0.3) is 10.6 Å². The Hall–Kier alpha value is -1.75. The van der Waals surface area contributed by atoms with Crippen LogP contribution in [0.3, 0.4) is 0 Å². The molecule has 0 radical (unpaired) electrons. The summed E-state index contributed by atoms with van der Waals surface area (Å²) in [4.78, 5) is 15.5. The van der Waals surface area contributed by atoms with E-state index in [1.807, 2.05) is 18.4 Å². The highest BCUT2D eigenvalue weighted by atomic mass is 32.1. The van der Waals surface area contributed by atoms with Crippen LogP contribution in [0.5, 0.6) is 0 Å². The van der Waals surface area contributed by atoms with Crippen LogP contribution in [0.1, 0.15) is 19.0 Å². The number of carbonyl (C=O) groups is 1. The number of nitrogens with one attached hydrogen (secondary N) is 1. The number of amides is 1. The Morgan fingerprint density at radius 1 is 1.47 bits per heavy atom. The minimum Gasteiger partial charge on any atom is -0.356 e. The van der Waals surface area contributed by atoms with E-state index in [2.05, 4.69) is 10.3 Å². The summed E-state index contributed by atoms with van der Waals surface area (Å²) >= 11 is 1.49.